The molecule has 1 saturated heterocycles. The molecule has 1 aromatic carbocycles. The molecule has 1 aliphatic heterocycles. The molecule has 0 spiro atoms. The minimum atomic E-state index is -0.315. The van der Waals surface area contributed by atoms with Crippen molar-refractivity contribution in [2.75, 3.05) is 32.7 Å². The van der Waals surface area contributed by atoms with Gasteiger partial charge in [-0.05, 0) is 31.0 Å². The first-order valence-electron chi connectivity index (χ1n) is 8.38. The molecule has 0 atom stereocenters. The molecule has 24 heavy (non-hydrogen) atoms. The number of nitrogens with zero attached hydrogens (tertiary/aromatic N) is 2. The van der Waals surface area contributed by atoms with Gasteiger partial charge in [0.1, 0.15) is 0 Å². The summed E-state index contributed by atoms with van der Waals surface area (Å²) in [7, 11) is 0. The van der Waals surface area contributed by atoms with Crippen LogP contribution in [0, 0.1) is 6.92 Å². The highest BCUT2D eigenvalue weighted by atomic mass is 16.2. The summed E-state index contributed by atoms with van der Waals surface area (Å²) in [6, 6.07) is 6.32. The molecule has 1 fully saturated rings. The average Bonchev–Trinajstić information content (AvgIpc) is 2.95. The Hall–Kier alpha value is -2.34. The summed E-state index contributed by atoms with van der Waals surface area (Å²) in [5, 5.41) is 1.20. The number of fused-ring (bicyclic) bond motifs is 1. The van der Waals surface area contributed by atoms with E-state index in [4.69, 9.17) is 5.73 Å². The molecule has 0 bridgehead atoms. The van der Waals surface area contributed by atoms with Gasteiger partial charge in [0.15, 0.2) is 0 Å². The molecular formula is C18H24N4O2. The highest BCUT2D eigenvalue weighted by Gasteiger charge is 2.21. The fourth-order valence-electron chi connectivity index (χ4n) is 3.27. The maximum atomic E-state index is 12.4. The first-order valence-corrected chi connectivity index (χ1v) is 8.38. The first-order chi connectivity index (χ1) is 11.5. The average molecular weight is 328 g/mol. The van der Waals surface area contributed by atoms with Gasteiger partial charge >= 0.3 is 0 Å². The third-order valence-corrected chi connectivity index (χ3v) is 4.64. The number of carbonyl (C=O) groups is 2. The van der Waals surface area contributed by atoms with Gasteiger partial charge in [0.2, 0.25) is 11.8 Å². The second-order valence-corrected chi connectivity index (χ2v) is 6.49. The number of aryl methyl sites for hydroxylation is 2. The third kappa shape index (κ3) is 3.76. The van der Waals surface area contributed by atoms with Gasteiger partial charge in [-0.3, -0.25) is 14.5 Å². The van der Waals surface area contributed by atoms with Crippen molar-refractivity contribution >= 4 is 22.7 Å². The van der Waals surface area contributed by atoms with Gasteiger partial charge in [-0.25, -0.2) is 0 Å². The minimum absolute atomic E-state index is 0.177. The zero-order valence-electron chi connectivity index (χ0n) is 14.0. The molecule has 3 rings (SSSR count). The zero-order valence-corrected chi connectivity index (χ0v) is 14.0. The highest BCUT2D eigenvalue weighted by molar-refractivity contribution is 5.85. The van der Waals surface area contributed by atoms with Crippen molar-refractivity contribution < 1.29 is 9.59 Å². The Morgan fingerprint density at radius 1 is 1.21 bits per heavy atom. The van der Waals surface area contributed by atoms with Crippen LogP contribution in [-0.2, 0) is 16.0 Å². The molecule has 6 nitrogen and oxygen atoms in total. The van der Waals surface area contributed by atoms with Gasteiger partial charge in [0, 0.05) is 49.7 Å². The Labute approximate surface area is 141 Å². The number of nitrogens with one attached hydrogen (secondary N) is 1. The van der Waals surface area contributed by atoms with Crippen LogP contribution in [0.3, 0.4) is 0 Å². The monoisotopic (exact) mass is 328 g/mol. The number of hydrogen-bond donors (Lipinski definition) is 2. The summed E-state index contributed by atoms with van der Waals surface area (Å²) in [6.45, 7) is 5.10. The summed E-state index contributed by atoms with van der Waals surface area (Å²) >= 11 is 0. The van der Waals surface area contributed by atoms with Gasteiger partial charge in [0.05, 0.1) is 6.54 Å². The minimum Gasteiger partial charge on any atom is -0.369 e. The highest BCUT2D eigenvalue weighted by Crippen LogP contribution is 2.21. The van der Waals surface area contributed by atoms with E-state index in [0.29, 0.717) is 32.6 Å². The third-order valence-electron chi connectivity index (χ3n) is 4.64. The van der Waals surface area contributed by atoms with Crippen LogP contribution >= 0.6 is 0 Å². The lowest BCUT2D eigenvalue weighted by Crippen LogP contribution is -2.50. The molecule has 0 aliphatic carbocycles. The first kappa shape index (κ1) is 16.5. The Morgan fingerprint density at radius 2 is 1.96 bits per heavy atom. The number of primary amides is 1. The summed E-state index contributed by atoms with van der Waals surface area (Å²) in [5.41, 5.74) is 8.74. The fourth-order valence-corrected chi connectivity index (χ4v) is 3.27. The number of H-pyrrole nitrogens is 1. The van der Waals surface area contributed by atoms with E-state index in [1.54, 1.807) is 0 Å². The number of amides is 2. The van der Waals surface area contributed by atoms with E-state index >= 15 is 0 Å². The van der Waals surface area contributed by atoms with Gasteiger partial charge < -0.3 is 15.6 Å². The molecule has 1 aliphatic rings. The molecular weight excluding hydrogens is 304 g/mol. The van der Waals surface area contributed by atoms with Crippen LogP contribution in [0.5, 0.6) is 0 Å². The number of carbonyl (C=O) groups excluding carboxylic acids is 2. The van der Waals surface area contributed by atoms with Crippen molar-refractivity contribution in [3.05, 3.63) is 35.5 Å². The summed E-state index contributed by atoms with van der Waals surface area (Å²) in [5.74, 6) is -0.139. The lowest BCUT2D eigenvalue weighted by atomic mass is 10.1. The second kappa shape index (κ2) is 7.05. The van der Waals surface area contributed by atoms with Crippen LogP contribution < -0.4 is 5.73 Å². The number of nitrogens with two attached hydrogens (primary N) is 1. The number of rotatable bonds is 5. The van der Waals surface area contributed by atoms with Gasteiger partial charge in [0.25, 0.3) is 0 Å². The molecule has 1 aromatic heterocycles. The van der Waals surface area contributed by atoms with Crippen molar-refractivity contribution in [1.82, 2.24) is 14.8 Å². The predicted octanol–water partition coefficient (Wildman–Crippen LogP) is 1.04. The Kier molecular flexibility index (Phi) is 4.85. The van der Waals surface area contributed by atoms with Crippen molar-refractivity contribution in [3.8, 4) is 0 Å². The van der Waals surface area contributed by atoms with Crippen molar-refractivity contribution in [2.45, 2.75) is 19.8 Å². The van der Waals surface area contributed by atoms with Crippen LogP contribution in [0.1, 0.15) is 17.5 Å². The van der Waals surface area contributed by atoms with Crippen LogP contribution in [0.2, 0.25) is 0 Å². The number of aromatic amines is 1. The smallest absolute Gasteiger partial charge is 0.231 e. The van der Waals surface area contributed by atoms with E-state index in [2.05, 4.69) is 30.1 Å². The largest absolute Gasteiger partial charge is 0.369 e. The predicted molar refractivity (Wildman–Crippen MR) is 93.6 cm³/mol. The topological polar surface area (TPSA) is 82.4 Å². The van der Waals surface area contributed by atoms with Crippen molar-refractivity contribution in [3.63, 3.8) is 0 Å². The van der Waals surface area contributed by atoms with Gasteiger partial charge in [-0.2, -0.15) is 0 Å². The quantitative estimate of drug-likeness (QED) is 0.860. The van der Waals surface area contributed by atoms with Crippen LogP contribution in [-0.4, -0.2) is 59.3 Å². The second-order valence-electron chi connectivity index (χ2n) is 6.49. The van der Waals surface area contributed by atoms with Crippen LogP contribution in [0.4, 0.5) is 0 Å². The number of benzene rings is 1. The van der Waals surface area contributed by atoms with E-state index in [9.17, 15) is 9.59 Å². The Morgan fingerprint density at radius 3 is 2.67 bits per heavy atom. The molecule has 0 radical (unpaired) electrons. The van der Waals surface area contributed by atoms with E-state index in [0.717, 1.165) is 11.9 Å². The summed E-state index contributed by atoms with van der Waals surface area (Å²) in [4.78, 5) is 30.5. The number of aromatic nitrogens is 1. The zero-order chi connectivity index (χ0) is 17.1. The fraction of sp³-hybridized carbons (Fsp3) is 0.444. The normalized spacial score (nSPS) is 15.8. The van der Waals surface area contributed by atoms with Gasteiger partial charge in [-0.15, -0.1) is 0 Å². The molecule has 2 amide bonds. The Bertz CT molecular complexity index is 745. The number of hydrogen-bond acceptors (Lipinski definition) is 3. The molecule has 6 heteroatoms. The molecule has 0 saturated carbocycles. The maximum Gasteiger partial charge on any atom is 0.231 e. The van der Waals surface area contributed by atoms with E-state index in [-0.39, 0.29) is 18.4 Å². The summed E-state index contributed by atoms with van der Waals surface area (Å²) < 4.78 is 0. The van der Waals surface area contributed by atoms with Crippen LogP contribution in [0.25, 0.3) is 10.9 Å². The summed E-state index contributed by atoms with van der Waals surface area (Å²) in [6.07, 6.45) is 3.25. The van der Waals surface area contributed by atoms with E-state index < -0.39 is 0 Å². The van der Waals surface area contributed by atoms with Crippen molar-refractivity contribution in [1.29, 1.82) is 0 Å². The SMILES string of the molecule is Cc1ccc2[nH]cc(CCC(=O)N3CCN(CC(N)=O)CC3)c2c1. The molecule has 3 N–H and O–H groups in total. The standard InChI is InChI=1S/C18H24N4O2/c1-13-2-4-16-15(10-13)14(11-20-16)3-5-18(24)22-8-6-21(7-9-22)12-17(19)23/h2,4,10-11,20H,3,5-9,12H2,1H3,(H2,19,23). The lowest BCUT2D eigenvalue weighted by molar-refractivity contribution is -0.133. The van der Waals surface area contributed by atoms with Crippen LogP contribution in [0.15, 0.2) is 24.4 Å². The van der Waals surface area contributed by atoms with E-state index in [1.807, 2.05) is 16.0 Å². The van der Waals surface area contributed by atoms with Crippen molar-refractivity contribution in [2.24, 2.45) is 5.73 Å². The molecule has 2 heterocycles. The molecule has 2 aromatic rings. The molecule has 128 valence electrons. The lowest BCUT2D eigenvalue weighted by Gasteiger charge is -2.34. The van der Waals surface area contributed by atoms with Gasteiger partial charge in [-0.1, -0.05) is 11.6 Å². The number of piperazine rings is 1. The maximum absolute atomic E-state index is 12.4. The Balaban J connectivity index is 1.54. The molecule has 0 unspecified atom stereocenters. The van der Waals surface area contributed by atoms with E-state index in [1.165, 1.54) is 16.5 Å².